The summed E-state index contributed by atoms with van der Waals surface area (Å²) in [6, 6.07) is 0.955. The average Bonchev–Trinajstić information content (AvgIpc) is 2.27. The summed E-state index contributed by atoms with van der Waals surface area (Å²) < 4.78 is 29.6. The maximum absolute atomic E-state index is 12.6. The summed E-state index contributed by atoms with van der Waals surface area (Å²) in [5, 5.41) is 0. The first-order chi connectivity index (χ1) is 7.51. The molecule has 0 atom stereocenters. The van der Waals surface area contributed by atoms with Gasteiger partial charge in [0.2, 0.25) is 0 Å². The van der Waals surface area contributed by atoms with Gasteiger partial charge in [-0.25, -0.2) is 18.6 Å². The quantitative estimate of drug-likeness (QED) is 0.659. The first kappa shape index (κ1) is 12.6. The van der Waals surface area contributed by atoms with Gasteiger partial charge in [0.05, 0.1) is 18.7 Å². The number of nitrogens with zero attached hydrogens (tertiary/aromatic N) is 1. The van der Waals surface area contributed by atoms with Crippen LogP contribution in [0.15, 0.2) is 6.07 Å². The van der Waals surface area contributed by atoms with E-state index in [4.69, 9.17) is 17.3 Å². The van der Waals surface area contributed by atoms with Crippen LogP contribution in [0.25, 0.3) is 0 Å². The van der Waals surface area contributed by atoms with Gasteiger partial charge < -0.3 is 10.5 Å². The number of rotatable bonds is 3. The molecule has 0 saturated carbocycles. The molecule has 0 amide bonds. The SMILES string of the molecule is COC(=O)c1cc(C(F)F)c(CCl)nc1N. The van der Waals surface area contributed by atoms with Gasteiger partial charge in [-0.05, 0) is 6.07 Å². The molecule has 0 fully saturated rings. The molecule has 0 bridgehead atoms. The van der Waals surface area contributed by atoms with E-state index in [1.54, 1.807) is 0 Å². The molecule has 0 aromatic carbocycles. The van der Waals surface area contributed by atoms with Crippen LogP contribution in [0.3, 0.4) is 0 Å². The highest BCUT2D eigenvalue weighted by molar-refractivity contribution is 6.17. The molecule has 2 N–H and O–H groups in total. The van der Waals surface area contributed by atoms with Crippen molar-refractivity contribution in [2.24, 2.45) is 0 Å². The van der Waals surface area contributed by atoms with Gasteiger partial charge in [-0.15, -0.1) is 11.6 Å². The zero-order valence-corrected chi connectivity index (χ0v) is 9.09. The molecule has 0 aliphatic carbocycles. The van der Waals surface area contributed by atoms with Crippen molar-refractivity contribution in [1.82, 2.24) is 4.98 Å². The lowest BCUT2D eigenvalue weighted by Crippen LogP contribution is -2.11. The zero-order chi connectivity index (χ0) is 12.3. The molecule has 0 unspecified atom stereocenters. The number of carbonyl (C=O) groups excluding carboxylic acids is 1. The van der Waals surface area contributed by atoms with Gasteiger partial charge in [-0.1, -0.05) is 0 Å². The Hall–Kier alpha value is -1.43. The third-order valence-corrected chi connectivity index (χ3v) is 2.18. The smallest absolute Gasteiger partial charge is 0.341 e. The minimum absolute atomic E-state index is 0.0400. The monoisotopic (exact) mass is 250 g/mol. The molecule has 88 valence electrons. The van der Waals surface area contributed by atoms with Crippen molar-refractivity contribution in [3.63, 3.8) is 0 Å². The summed E-state index contributed by atoms with van der Waals surface area (Å²) in [6.45, 7) is 0. The minimum Gasteiger partial charge on any atom is -0.465 e. The Morgan fingerprint density at radius 1 is 1.69 bits per heavy atom. The van der Waals surface area contributed by atoms with Crippen molar-refractivity contribution in [2.75, 3.05) is 12.8 Å². The lowest BCUT2D eigenvalue weighted by molar-refractivity contribution is 0.0601. The second-order valence-electron chi connectivity index (χ2n) is 2.88. The van der Waals surface area contributed by atoms with Crippen LogP contribution in [0.4, 0.5) is 14.6 Å². The van der Waals surface area contributed by atoms with Gasteiger partial charge in [0.1, 0.15) is 11.4 Å². The van der Waals surface area contributed by atoms with Crippen LogP contribution in [-0.2, 0) is 10.6 Å². The topological polar surface area (TPSA) is 65.2 Å². The molecular formula is C9H9ClF2N2O2. The van der Waals surface area contributed by atoms with E-state index in [1.165, 1.54) is 0 Å². The molecule has 4 nitrogen and oxygen atoms in total. The van der Waals surface area contributed by atoms with Crippen molar-refractivity contribution in [3.05, 3.63) is 22.9 Å². The van der Waals surface area contributed by atoms with E-state index in [2.05, 4.69) is 9.72 Å². The highest BCUT2D eigenvalue weighted by atomic mass is 35.5. The van der Waals surface area contributed by atoms with E-state index in [1.807, 2.05) is 0 Å². The molecule has 0 aliphatic heterocycles. The average molecular weight is 251 g/mol. The molecule has 16 heavy (non-hydrogen) atoms. The van der Waals surface area contributed by atoms with Gasteiger partial charge in [0, 0.05) is 5.56 Å². The van der Waals surface area contributed by atoms with Crippen molar-refractivity contribution >= 4 is 23.4 Å². The molecular weight excluding hydrogens is 242 g/mol. The first-order valence-corrected chi connectivity index (χ1v) is 4.76. The Labute approximate surface area is 95.4 Å². The number of anilines is 1. The number of ether oxygens (including phenoxy) is 1. The number of alkyl halides is 3. The summed E-state index contributed by atoms with van der Waals surface area (Å²) in [6.07, 6.45) is -2.77. The summed E-state index contributed by atoms with van der Waals surface area (Å²) in [5.41, 5.74) is 4.79. The molecule has 7 heteroatoms. The molecule has 1 rings (SSSR count). The minimum atomic E-state index is -2.77. The van der Waals surface area contributed by atoms with Gasteiger partial charge in [-0.3, -0.25) is 0 Å². The van der Waals surface area contributed by atoms with Crippen LogP contribution >= 0.6 is 11.6 Å². The van der Waals surface area contributed by atoms with E-state index in [0.29, 0.717) is 0 Å². The predicted octanol–water partition coefficient (Wildman–Crippen LogP) is 2.13. The number of hydrogen-bond donors (Lipinski definition) is 1. The number of aromatic nitrogens is 1. The number of methoxy groups -OCH3 is 1. The van der Waals surface area contributed by atoms with Crippen molar-refractivity contribution in [2.45, 2.75) is 12.3 Å². The Morgan fingerprint density at radius 3 is 2.75 bits per heavy atom. The van der Waals surface area contributed by atoms with Gasteiger partial charge in [0.25, 0.3) is 6.43 Å². The van der Waals surface area contributed by atoms with Crippen molar-refractivity contribution in [1.29, 1.82) is 0 Å². The first-order valence-electron chi connectivity index (χ1n) is 4.23. The second-order valence-corrected chi connectivity index (χ2v) is 3.15. The molecule has 0 saturated heterocycles. The maximum atomic E-state index is 12.6. The van der Waals surface area contributed by atoms with Crippen molar-refractivity contribution in [3.8, 4) is 0 Å². The normalized spacial score (nSPS) is 10.6. The van der Waals surface area contributed by atoms with E-state index in [-0.39, 0.29) is 23.0 Å². The maximum Gasteiger partial charge on any atom is 0.341 e. The molecule has 1 aromatic heterocycles. The van der Waals surface area contributed by atoms with Crippen molar-refractivity contribution < 1.29 is 18.3 Å². The number of halogens is 3. The fraction of sp³-hybridized carbons (Fsp3) is 0.333. The fourth-order valence-corrected chi connectivity index (χ4v) is 1.37. The van der Waals surface area contributed by atoms with Crippen LogP contribution in [0.2, 0.25) is 0 Å². The standard InChI is InChI=1S/C9H9ClF2N2O2/c1-16-9(15)5-2-4(7(11)12)6(3-10)14-8(5)13/h2,7H,3H2,1H3,(H2,13,14). The highest BCUT2D eigenvalue weighted by Crippen LogP contribution is 2.26. The number of esters is 1. The lowest BCUT2D eigenvalue weighted by Gasteiger charge is -2.09. The number of pyridine rings is 1. The Kier molecular flexibility index (Phi) is 4.00. The van der Waals surface area contributed by atoms with E-state index >= 15 is 0 Å². The summed E-state index contributed by atoms with van der Waals surface area (Å²) in [7, 11) is 1.12. The number of carbonyl (C=O) groups is 1. The lowest BCUT2D eigenvalue weighted by atomic mass is 10.1. The fourth-order valence-electron chi connectivity index (χ4n) is 1.15. The van der Waals surface area contributed by atoms with E-state index in [9.17, 15) is 13.6 Å². The third-order valence-electron chi connectivity index (χ3n) is 1.93. The van der Waals surface area contributed by atoms with Crippen LogP contribution in [-0.4, -0.2) is 18.1 Å². The van der Waals surface area contributed by atoms with Crippen LogP contribution in [0.5, 0.6) is 0 Å². The summed E-state index contributed by atoms with van der Waals surface area (Å²) in [5.74, 6) is -1.19. The van der Waals surface area contributed by atoms with Crippen LogP contribution in [0.1, 0.15) is 28.0 Å². The van der Waals surface area contributed by atoms with Crippen LogP contribution in [0, 0.1) is 0 Å². The van der Waals surface area contributed by atoms with Gasteiger partial charge >= 0.3 is 5.97 Å². The number of nitrogens with two attached hydrogens (primary N) is 1. The summed E-state index contributed by atoms with van der Waals surface area (Å²) >= 11 is 5.45. The van der Waals surface area contributed by atoms with E-state index in [0.717, 1.165) is 13.2 Å². The molecule has 0 spiro atoms. The highest BCUT2D eigenvalue weighted by Gasteiger charge is 2.20. The third kappa shape index (κ3) is 2.38. The second kappa shape index (κ2) is 5.07. The molecule has 1 aromatic rings. The Balaban J connectivity index is 3.33. The Bertz CT molecular complexity index is 413. The molecule has 1 heterocycles. The molecule has 0 aliphatic rings. The summed E-state index contributed by atoms with van der Waals surface area (Å²) in [4.78, 5) is 14.8. The largest absolute Gasteiger partial charge is 0.465 e. The zero-order valence-electron chi connectivity index (χ0n) is 8.34. The number of hydrogen-bond acceptors (Lipinski definition) is 4. The van der Waals surface area contributed by atoms with E-state index < -0.39 is 18.0 Å². The molecule has 0 radical (unpaired) electrons. The predicted molar refractivity (Wildman–Crippen MR) is 54.5 cm³/mol. The van der Waals surface area contributed by atoms with Gasteiger partial charge in [0.15, 0.2) is 0 Å². The van der Waals surface area contributed by atoms with Gasteiger partial charge in [-0.2, -0.15) is 0 Å². The number of nitrogen functional groups attached to an aromatic ring is 1. The Morgan fingerprint density at radius 2 is 2.31 bits per heavy atom. The van der Waals surface area contributed by atoms with Crippen LogP contribution < -0.4 is 5.73 Å².